The third-order valence-corrected chi connectivity index (χ3v) is 4.63. The summed E-state index contributed by atoms with van der Waals surface area (Å²) in [7, 11) is 0. The fraction of sp³-hybridized carbons (Fsp3) is 0.333. The van der Waals surface area contributed by atoms with E-state index in [1.54, 1.807) is 6.92 Å². The highest BCUT2D eigenvalue weighted by Gasteiger charge is 2.18. The molecule has 0 bridgehead atoms. The Hall–Kier alpha value is -2.35. The Balaban J connectivity index is 1.65. The zero-order chi connectivity index (χ0) is 16.4. The molecule has 0 radical (unpaired) electrons. The van der Waals surface area contributed by atoms with Crippen LogP contribution in [-0.4, -0.2) is 26.1 Å². The summed E-state index contributed by atoms with van der Waals surface area (Å²) in [5.74, 6) is -0.0250. The molecular formula is C15H18N6OS. The lowest BCUT2D eigenvalue weighted by atomic mass is 10.1. The highest BCUT2D eigenvalue weighted by molar-refractivity contribution is 8.00. The van der Waals surface area contributed by atoms with E-state index in [2.05, 4.69) is 32.4 Å². The lowest BCUT2D eigenvalue weighted by Crippen LogP contribution is -2.23. The number of nitrogens with zero attached hydrogens (tertiary/aromatic N) is 3. The molecule has 2 aromatic rings. The molecule has 120 valence electrons. The van der Waals surface area contributed by atoms with Crippen molar-refractivity contribution in [3.05, 3.63) is 29.3 Å². The van der Waals surface area contributed by atoms with Crippen molar-refractivity contribution in [1.82, 2.24) is 15.0 Å². The van der Waals surface area contributed by atoms with Gasteiger partial charge >= 0.3 is 0 Å². The van der Waals surface area contributed by atoms with Gasteiger partial charge in [0.15, 0.2) is 5.16 Å². The first kappa shape index (κ1) is 15.5. The van der Waals surface area contributed by atoms with E-state index in [-0.39, 0.29) is 23.1 Å². The van der Waals surface area contributed by atoms with Crippen molar-refractivity contribution in [2.45, 2.75) is 36.6 Å². The lowest BCUT2D eigenvalue weighted by molar-refractivity contribution is -0.115. The maximum Gasteiger partial charge on any atom is 0.237 e. The second-order valence-corrected chi connectivity index (χ2v) is 6.73. The number of aromatic nitrogens is 3. The van der Waals surface area contributed by atoms with Crippen molar-refractivity contribution in [3.63, 3.8) is 0 Å². The van der Waals surface area contributed by atoms with Crippen molar-refractivity contribution >= 4 is 35.3 Å². The highest BCUT2D eigenvalue weighted by atomic mass is 32.2. The number of hydrogen-bond acceptors (Lipinski definition) is 7. The van der Waals surface area contributed by atoms with Gasteiger partial charge in [-0.05, 0) is 49.4 Å². The molecule has 0 aliphatic heterocycles. The van der Waals surface area contributed by atoms with E-state index < -0.39 is 0 Å². The predicted molar refractivity (Wildman–Crippen MR) is 91.1 cm³/mol. The number of nitrogens with two attached hydrogens (primary N) is 2. The molecule has 0 fully saturated rings. The van der Waals surface area contributed by atoms with E-state index in [0.29, 0.717) is 5.16 Å². The van der Waals surface area contributed by atoms with Gasteiger partial charge in [0.25, 0.3) is 0 Å². The molecule has 0 saturated heterocycles. The number of hydrogen-bond donors (Lipinski definition) is 3. The molecule has 1 heterocycles. The molecular weight excluding hydrogens is 312 g/mol. The minimum Gasteiger partial charge on any atom is -0.368 e. The van der Waals surface area contributed by atoms with Gasteiger partial charge in [-0.3, -0.25) is 4.79 Å². The zero-order valence-electron chi connectivity index (χ0n) is 12.7. The van der Waals surface area contributed by atoms with Crippen LogP contribution in [0.1, 0.15) is 24.5 Å². The summed E-state index contributed by atoms with van der Waals surface area (Å²) >= 11 is 1.19. The van der Waals surface area contributed by atoms with E-state index >= 15 is 0 Å². The summed E-state index contributed by atoms with van der Waals surface area (Å²) in [4.78, 5) is 24.0. The van der Waals surface area contributed by atoms with Crippen LogP contribution < -0.4 is 16.8 Å². The summed E-state index contributed by atoms with van der Waals surface area (Å²) in [6.07, 6.45) is 3.38. The monoisotopic (exact) mass is 330 g/mol. The number of fused-ring (bicyclic) bond motifs is 1. The molecule has 5 N–H and O–H groups in total. The lowest BCUT2D eigenvalue weighted by Gasteiger charge is -2.12. The average Bonchev–Trinajstić information content (AvgIpc) is 2.93. The second kappa shape index (κ2) is 6.41. The Morgan fingerprint density at radius 1 is 1.17 bits per heavy atom. The molecule has 1 amide bonds. The van der Waals surface area contributed by atoms with E-state index in [0.717, 1.165) is 18.5 Å². The normalized spacial score (nSPS) is 14.3. The Labute approximate surface area is 138 Å². The minimum absolute atomic E-state index is 0.0474. The number of amides is 1. The first-order valence-corrected chi connectivity index (χ1v) is 8.25. The van der Waals surface area contributed by atoms with Crippen molar-refractivity contribution in [3.8, 4) is 0 Å². The Kier molecular flexibility index (Phi) is 4.33. The molecule has 8 heteroatoms. The van der Waals surface area contributed by atoms with Gasteiger partial charge in [0.05, 0.1) is 5.25 Å². The molecule has 0 saturated carbocycles. The maximum absolute atomic E-state index is 12.3. The fourth-order valence-electron chi connectivity index (χ4n) is 2.55. The van der Waals surface area contributed by atoms with Gasteiger partial charge in [0.2, 0.25) is 17.8 Å². The Bertz CT molecular complexity index is 730. The van der Waals surface area contributed by atoms with Gasteiger partial charge in [0.1, 0.15) is 0 Å². The van der Waals surface area contributed by atoms with Gasteiger partial charge in [-0.2, -0.15) is 15.0 Å². The van der Waals surface area contributed by atoms with Crippen molar-refractivity contribution in [2.75, 3.05) is 16.8 Å². The molecule has 0 unspecified atom stereocenters. The summed E-state index contributed by atoms with van der Waals surface area (Å²) < 4.78 is 0. The van der Waals surface area contributed by atoms with E-state index in [9.17, 15) is 4.79 Å². The SMILES string of the molecule is C[C@@H](Sc1nc(N)nc(N)n1)C(=O)Nc1ccc2c(c1)CCC2. The van der Waals surface area contributed by atoms with Gasteiger partial charge in [-0.25, -0.2) is 0 Å². The smallest absolute Gasteiger partial charge is 0.237 e. The second-order valence-electron chi connectivity index (χ2n) is 5.42. The summed E-state index contributed by atoms with van der Waals surface area (Å²) in [5.41, 5.74) is 14.6. The van der Waals surface area contributed by atoms with Gasteiger partial charge < -0.3 is 16.8 Å². The maximum atomic E-state index is 12.3. The Morgan fingerprint density at radius 2 is 1.87 bits per heavy atom. The largest absolute Gasteiger partial charge is 0.368 e. The topological polar surface area (TPSA) is 120 Å². The van der Waals surface area contributed by atoms with Gasteiger partial charge in [0, 0.05) is 5.69 Å². The fourth-order valence-corrected chi connectivity index (χ4v) is 3.32. The number of nitrogens with one attached hydrogen (secondary N) is 1. The number of nitrogen functional groups attached to an aromatic ring is 2. The third-order valence-electron chi connectivity index (χ3n) is 3.67. The van der Waals surface area contributed by atoms with Crippen molar-refractivity contribution < 1.29 is 4.79 Å². The van der Waals surface area contributed by atoms with Gasteiger partial charge in [-0.1, -0.05) is 17.8 Å². The molecule has 0 spiro atoms. The van der Waals surface area contributed by atoms with Gasteiger partial charge in [-0.15, -0.1) is 0 Å². The number of aryl methyl sites for hydroxylation is 2. The first-order chi connectivity index (χ1) is 11.0. The molecule has 1 aromatic carbocycles. The van der Waals surface area contributed by atoms with Crippen LogP contribution in [0.3, 0.4) is 0 Å². The summed E-state index contributed by atoms with van der Waals surface area (Å²) in [5, 5.41) is 2.88. The minimum atomic E-state index is -0.385. The molecule has 1 aromatic heterocycles. The van der Waals surface area contributed by atoms with Crippen LogP contribution in [0.5, 0.6) is 0 Å². The number of anilines is 3. The van der Waals surface area contributed by atoms with E-state index in [1.165, 1.54) is 29.3 Å². The number of benzene rings is 1. The third kappa shape index (κ3) is 3.70. The number of carbonyl (C=O) groups excluding carboxylic acids is 1. The molecule has 1 aliphatic carbocycles. The molecule has 1 atom stereocenters. The van der Waals surface area contributed by atoms with Crippen molar-refractivity contribution in [1.29, 1.82) is 0 Å². The summed E-state index contributed by atoms with van der Waals surface area (Å²) in [6, 6.07) is 6.08. The van der Waals surface area contributed by atoms with Crippen LogP contribution in [0.4, 0.5) is 17.6 Å². The quantitative estimate of drug-likeness (QED) is 0.729. The number of carbonyl (C=O) groups is 1. The number of thioether (sulfide) groups is 1. The molecule has 23 heavy (non-hydrogen) atoms. The first-order valence-electron chi connectivity index (χ1n) is 7.37. The van der Waals surface area contributed by atoms with Crippen LogP contribution in [0, 0.1) is 0 Å². The Morgan fingerprint density at radius 3 is 2.61 bits per heavy atom. The van der Waals surface area contributed by atoms with Crippen LogP contribution in [0.2, 0.25) is 0 Å². The molecule has 1 aliphatic rings. The molecule has 3 rings (SSSR count). The van der Waals surface area contributed by atoms with E-state index in [4.69, 9.17) is 11.5 Å². The zero-order valence-corrected chi connectivity index (χ0v) is 13.6. The average molecular weight is 330 g/mol. The predicted octanol–water partition coefficient (Wildman–Crippen LogP) is 1.64. The highest BCUT2D eigenvalue weighted by Crippen LogP contribution is 2.26. The van der Waals surface area contributed by atoms with Crippen LogP contribution >= 0.6 is 11.8 Å². The molecule has 7 nitrogen and oxygen atoms in total. The van der Waals surface area contributed by atoms with Crippen LogP contribution in [0.15, 0.2) is 23.4 Å². The number of rotatable bonds is 4. The van der Waals surface area contributed by atoms with Crippen LogP contribution in [0.25, 0.3) is 0 Å². The summed E-state index contributed by atoms with van der Waals surface area (Å²) in [6.45, 7) is 1.78. The van der Waals surface area contributed by atoms with Crippen LogP contribution in [-0.2, 0) is 17.6 Å². The van der Waals surface area contributed by atoms with E-state index in [1.807, 2.05) is 6.07 Å². The van der Waals surface area contributed by atoms with Crippen molar-refractivity contribution in [2.24, 2.45) is 0 Å². The standard InChI is InChI=1S/C15H18N6OS/c1-8(23-15-20-13(16)19-14(17)21-15)12(22)18-11-6-5-9-3-2-4-10(9)7-11/h5-8H,2-4H2,1H3,(H,18,22)(H4,16,17,19,20,21)/t8-/m1/s1.